The number of hydrogen-bond acceptors (Lipinski definition) is 2. The second-order valence-electron chi connectivity index (χ2n) is 4.37. The lowest BCUT2D eigenvalue weighted by molar-refractivity contribution is -0.0886. The zero-order valence-corrected chi connectivity index (χ0v) is 11.0. The van der Waals surface area contributed by atoms with Crippen LogP contribution >= 0.6 is 0 Å². The molecule has 7 heteroatoms. The van der Waals surface area contributed by atoms with Gasteiger partial charge in [0, 0.05) is 11.1 Å². The maximum absolute atomic E-state index is 13.1. The van der Waals surface area contributed by atoms with Crippen molar-refractivity contribution < 1.29 is 31.5 Å². The summed E-state index contributed by atoms with van der Waals surface area (Å²) in [6, 6.07) is 7.27. The summed E-state index contributed by atoms with van der Waals surface area (Å²) in [6.45, 7) is -0.386. The van der Waals surface area contributed by atoms with Gasteiger partial charge in [-0.05, 0) is 36.4 Å². The van der Waals surface area contributed by atoms with Gasteiger partial charge in [-0.2, -0.15) is 13.2 Å². The standard InChI is InChI=1S/C15H9F5O2/c16-10-3-5-12(6-4-10)22-8-9-1-2-11(17)7-13(9)14(21)15(18,19)20/h1-7H,8H2. The summed E-state index contributed by atoms with van der Waals surface area (Å²) in [5.41, 5.74) is -0.928. The van der Waals surface area contributed by atoms with Crippen LogP contribution in [0.2, 0.25) is 0 Å². The monoisotopic (exact) mass is 316 g/mol. The van der Waals surface area contributed by atoms with Crippen LogP contribution in [0.3, 0.4) is 0 Å². The van der Waals surface area contributed by atoms with Crippen LogP contribution in [0.4, 0.5) is 22.0 Å². The lowest BCUT2D eigenvalue weighted by atomic mass is 10.0. The van der Waals surface area contributed by atoms with Crippen molar-refractivity contribution in [3.05, 3.63) is 65.2 Å². The third-order valence-electron chi connectivity index (χ3n) is 2.78. The van der Waals surface area contributed by atoms with Crippen LogP contribution in [-0.2, 0) is 6.61 Å². The van der Waals surface area contributed by atoms with E-state index >= 15 is 0 Å². The average molecular weight is 316 g/mol. The molecule has 22 heavy (non-hydrogen) atoms. The third kappa shape index (κ3) is 3.81. The number of alkyl halides is 3. The van der Waals surface area contributed by atoms with Gasteiger partial charge in [0.2, 0.25) is 0 Å². The maximum atomic E-state index is 13.1. The molecule has 0 spiro atoms. The number of carbonyl (C=O) groups excluding carboxylic acids is 1. The molecule has 0 aliphatic rings. The Bertz CT molecular complexity index is 677. The second kappa shape index (κ2) is 6.13. The van der Waals surface area contributed by atoms with Crippen molar-refractivity contribution >= 4 is 5.78 Å². The Labute approximate surface area is 122 Å². The van der Waals surface area contributed by atoms with Gasteiger partial charge >= 0.3 is 6.18 Å². The first kappa shape index (κ1) is 15.9. The van der Waals surface area contributed by atoms with E-state index in [1.165, 1.54) is 12.1 Å². The number of rotatable bonds is 4. The van der Waals surface area contributed by atoms with Gasteiger partial charge in [-0.15, -0.1) is 0 Å². The van der Waals surface area contributed by atoms with E-state index in [9.17, 15) is 26.7 Å². The van der Waals surface area contributed by atoms with Crippen molar-refractivity contribution in [3.63, 3.8) is 0 Å². The van der Waals surface area contributed by atoms with Crippen molar-refractivity contribution in [1.82, 2.24) is 0 Å². The topological polar surface area (TPSA) is 26.3 Å². The van der Waals surface area contributed by atoms with E-state index < -0.39 is 29.2 Å². The second-order valence-corrected chi connectivity index (χ2v) is 4.37. The Balaban J connectivity index is 2.23. The summed E-state index contributed by atoms with van der Waals surface area (Å²) < 4.78 is 68.5. The molecule has 0 aliphatic heterocycles. The molecule has 2 aromatic carbocycles. The van der Waals surface area contributed by atoms with E-state index in [-0.39, 0.29) is 17.9 Å². The highest BCUT2D eigenvalue weighted by molar-refractivity contribution is 6.01. The Kier molecular flexibility index (Phi) is 4.44. The van der Waals surface area contributed by atoms with E-state index in [2.05, 4.69) is 0 Å². The van der Waals surface area contributed by atoms with Gasteiger partial charge in [0.15, 0.2) is 0 Å². The molecular formula is C15H9F5O2. The van der Waals surface area contributed by atoms with Gasteiger partial charge in [0.25, 0.3) is 5.78 Å². The Morgan fingerprint density at radius 3 is 2.14 bits per heavy atom. The zero-order valence-electron chi connectivity index (χ0n) is 11.0. The summed E-state index contributed by atoms with van der Waals surface area (Å²) in [4.78, 5) is 11.3. The summed E-state index contributed by atoms with van der Waals surface area (Å²) >= 11 is 0. The molecule has 0 saturated heterocycles. The first-order valence-electron chi connectivity index (χ1n) is 6.05. The molecule has 2 nitrogen and oxygen atoms in total. The molecular weight excluding hydrogens is 307 g/mol. The average Bonchev–Trinajstić information content (AvgIpc) is 2.46. The lowest BCUT2D eigenvalue weighted by Gasteiger charge is -2.12. The molecule has 0 saturated carbocycles. The van der Waals surface area contributed by atoms with Crippen LogP contribution in [-0.4, -0.2) is 12.0 Å². The molecule has 0 aromatic heterocycles. The Morgan fingerprint density at radius 1 is 0.955 bits per heavy atom. The summed E-state index contributed by atoms with van der Waals surface area (Å²) in [5, 5.41) is 0. The van der Waals surface area contributed by atoms with E-state index in [1.807, 2.05) is 0 Å². The molecule has 2 rings (SSSR count). The fourth-order valence-corrected chi connectivity index (χ4v) is 1.73. The van der Waals surface area contributed by atoms with Gasteiger partial charge in [0.1, 0.15) is 24.0 Å². The highest BCUT2D eigenvalue weighted by Crippen LogP contribution is 2.25. The minimum absolute atomic E-state index is 0.118. The molecule has 0 atom stereocenters. The minimum atomic E-state index is -5.11. The number of ether oxygens (including phenoxy) is 1. The Hall–Kier alpha value is -2.44. The number of Topliss-reactive ketones (excluding diaryl/α,β-unsaturated/α-hetero) is 1. The highest BCUT2D eigenvalue weighted by Gasteiger charge is 2.40. The predicted molar refractivity (Wildman–Crippen MR) is 67.5 cm³/mol. The number of halogens is 5. The summed E-state index contributed by atoms with van der Waals surface area (Å²) in [5.74, 6) is -3.40. The summed E-state index contributed by atoms with van der Waals surface area (Å²) in [7, 11) is 0. The van der Waals surface area contributed by atoms with Crippen LogP contribution < -0.4 is 4.74 Å². The van der Waals surface area contributed by atoms with Crippen LogP contribution in [0.25, 0.3) is 0 Å². The molecule has 0 bridgehead atoms. The smallest absolute Gasteiger partial charge is 0.454 e. The van der Waals surface area contributed by atoms with Crippen molar-refractivity contribution in [2.75, 3.05) is 0 Å². The van der Waals surface area contributed by atoms with Gasteiger partial charge in [-0.1, -0.05) is 6.07 Å². The van der Waals surface area contributed by atoms with Crippen LogP contribution in [0.5, 0.6) is 5.75 Å². The molecule has 0 radical (unpaired) electrons. The van der Waals surface area contributed by atoms with Crippen molar-refractivity contribution in [1.29, 1.82) is 0 Å². The number of ketones is 1. The molecule has 0 aliphatic carbocycles. The van der Waals surface area contributed by atoms with Crippen molar-refractivity contribution in [2.45, 2.75) is 12.8 Å². The van der Waals surface area contributed by atoms with Crippen molar-refractivity contribution in [3.8, 4) is 5.75 Å². The van der Waals surface area contributed by atoms with Crippen LogP contribution in [0.15, 0.2) is 42.5 Å². The molecule has 116 valence electrons. The fraction of sp³-hybridized carbons (Fsp3) is 0.133. The van der Waals surface area contributed by atoms with Crippen molar-refractivity contribution in [2.24, 2.45) is 0 Å². The maximum Gasteiger partial charge on any atom is 0.454 e. The largest absolute Gasteiger partial charge is 0.489 e. The van der Waals surface area contributed by atoms with Crippen LogP contribution in [0.1, 0.15) is 15.9 Å². The van der Waals surface area contributed by atoms with E-state index in [0.29, 0.717) is 6.07 Å². The zero-order chi connectivity index (χ0) is 16.3. The molecule has 0 unspecified atom stereocenters. The SMILES string of the molecule is O=C(c1cc(F)ccc1COc1ccc(F)cc1)C(F)(F)F. The lowest BCUT2D eigenvalue weighted by Crippen LogP contribution is -2.24. The van der Waals surface area contributed by atoms with Gasteiger partial charge < -0.3 is 4.74 Å². The number of hydrogen-bond donors (Lipinski definition) is 0. The molecule has 2 aromatic rings. The summed E-state index contributed by atoms with van der Waals surface area (Å²) in [6.07, 6.45) is -5.11. The fourth-order valence-electron chi connectivity index (χ4n) is 1.73. The third-order valence-corrected chi connectivity index (χ3v) is 2.78. The van der Waals surface area contributed by atoms with E-state index in [1.54, 1.807) is 0 Å². The van der Waals surface area contributed by atoms with Gasteiger partial charge in [-0.25, -0.2) is 8.78 Å². The number of carbonyl (C=O) groups is 1. The van der Waals surface area contributed by atoms with Gasteiger partial charge in [-0.3, -0.25) is 4.79 Å². The van der Waals surface area contributed by atoms with E-state index in [4.69, 9.17) is 4.74 Å². The highest BCUT2D eigenvalue weighted by atomic mass is 19.4. The first-order chi connectivity index (χ1) is 10.3. The normalized spacial score (nSPS) is 11.3. The quantitative estimate of drug-likeness (QED) is 0.621. The predicted octanol–water partition coefficient (Wildman–Crippen LogP) is 4.29. The van der Waals surface area contributed by atoms with E-state index in [0.717, 1.165) is 24.3 Å². The Morgan fingerprint density at radius 2 is 1.55 bits per heavy atom. The molecule has 0 heterocycles. The number of benzene rings is 2. The minimum Gasteiger partial charge on any atom is -0.489 e. The van der Waals surface area contributed by atoms with Crippen LogP contribution in [0, 0.1) is 11.6 Å². The molecule has 0 amide bonds. The molecule has 0 fully saturated rings. The van der Waals surface area contributed by atoms with Gasteiger partial charge in [0.05, 0.1) is 0 Å². The first-order valence-corrected chi connectivity index (χ1v) is 6.05. The molecule has 0 N–H and O–H groups in total.